The minimum Gasteiger partial charge on any atom is -0.355 e. The Bertz CT molecular complexity index is 272. The molecule has 21 heavy (non-hydrogen) atoms. The number of nitrogens with zero attached hydrogens (tertiary/aromatic N) is 1. The molecule has 1 amide bonds. The molecule has 0 unspecified atom stereocenters. The van der Waals surface area contributed by atoms with Crippen LogP contribution in [0.5, 0.6) is 0 Å². The highest BCUT2D eigenvalue weighted by Gasteiger charge is 2.18. The Hall–Kier alpha value is -0.0300. The summed E-state index contributed by atoms with van der Waals surface area (Å²) in [6.45, 7) is 5.74. The van der Waals surface area contributed by atoms with Crippen molar-refractivity contribution in [2.45, 2.75) is 64.5 Å². The second-order valence-corrected chi connectivity index (χ2v) is 6.19. The SMILES string of the molecule is CC(C)[C@H](N)C(=O)NCCCN(C)C1CCCCC1.Cl.Cl. The van der Waals surface area contributed by atoms with Crippen LogP contribution in [0, 0.1) is 5.92 Å². The number of halogens is 2. The predicted octanol–water partition coefficient (Wildman–Crippen LogP) is 2.58. The maximum absolute atomic E-state index is 11.7. The minimum absolute atomic E-state index is 0. The van der Waals surface area contributed by atoms with Crippen LogP contribution in [0.4, 0.5) is 0 Å². The zero-order valence-corrected chi connectivity index (χ0v) is 15.3. The van der Waals surface area contributed by atoms with Crippen LogP contribution in [0.25, 0.3) is 0 Å². The predicted molar refractivity (Wildman–Crippen MR) is 94.4 cm³/mol. The fourth-order valence-electron chi connectivity index (χ4n) is 2.67. The van der Waals surface area contributed by atoms with Gasteiger partial charge in [-0.3, -0.25) is 4.79 Å². The van der Waals surface area contributed by atoms with Crippen molar-refractivity contribution in [2.24, 2.45) is 11.7 Å². The van der Waals surface area contributed by atoms with Gasteiger partial charge in [0.2, 0.25) is 5.91 Å². The number of amides is 1. The molecule has 0 aromatic heterocycles. The highest BCUT2D eigenvalue weighted by Crippen LogP contribution is 2.21. The number of carbonyl (C=O) groups excluding carboxylic acids is 1. The molecule has 6 heteroatoms. The molecule has 4 nitrogen and oxygen atoms in total. The van der Waals surface area contributed by atoms with Gasteiger partial charge < -0.3 is 16.0 Å². The first kappa shape index (κ1) is 23.2. The van der Waals surface area contributed by atoms with Crippen LogP contribution in [-0.4, -0.2) is 43.0 Å². The molecule has 0 radical (unpaired) electrons. The maximum atomic E-state index is 11.7. The fraction of sp³-hybridized carbons (Fsp3) is 0.933. The molecule has 0 aromatic carbocycles. The van der Waals surface area contributed by atoms with E-state index >= 15 is 0 Å². The van der Waals surface area contributed by atoms with Gasteiger partial charge in [0.25, 0.3) is 0 Å². The van der Waals surface area contributed by atoms with Gasteiger partial charge in [-0.1, -0.05) is 33.1 Å². The second kappa shape index (κ2) is 12.5. The molecule has 0 aromatic rings. The van der Waals surface area contributed by atoms with Crippen LogP contribution >= 0.6 is 24.8 Å². The van der Waals surface area contributed by atoms with Crippen molar-refractivity contribution in [3.8, 4) is 0 Å². The summed E-state index contributed by atoms with van der Waals surface area (Å²) < 4.78 is 0. The van der Waals surface area contributed by atoms with Crippen LogP contribution in [0.2, 0.25) is 0 Å². The summed E-state index contributed by atoms with van der Waals surface area (Å²) in [5.74, 6) is 0.181. The zero-order valence-electron chi connectivity index (χ0n) is 13.6. The average molecular weight is 342 g/mol. The highest BCUT2D eigenvalue weighted by atomic mass is 35.5. The second-order valence-electron chi connectivity index (χ2n) is 6.19. The number of hydrogen-bond donors (Lipinski definition) is 2. The van der Waals surface area contributed by atoms with Crippen molar-refractivity contribution in [1.82, 2.24) is 10.2 Å². The summed E-state index contributed by atoms with van der Waals surface area (Å²) in [5.41, 5.74) is 5.80. The number of nitrogens with one attached hydrogen (secondary N) is 1. The van der Waals surface area contributed by atoms with Gasteiger partial charge in [0, 0.05) is 12.6 Å². The molecule has 0 bridgehead atoms. The molecular weight excluding hydrogens is 309 g/mol. The van der Waals surface area contributed by atoms with E-state index < -0.39 is 0 Å². The van der Waals surface area contributed by atoms with Crippen LogP contribution in [0.1, 0.15) is 52.4 Å². The Kier molecular flexibility index (Phi) is 13.8. The lowest BCUT2D eigenvalue weighted by molar-refractivity contribution is -0.123. The van der Waals surface area contributed by atoms with Crippen LogP contribution in [-0.2, 0) is 4.79 Å². The topological polar surface area (TPSA) is 58.4 Å². The van der Waals surface area contributed by atoms with E-state index in [0.29, 0.717) is 0 Å². The molecule has 1 atom stereocenters. The van der Waals surface area contributed by atoms with Crippen LogP contribution in [0.15, 0.2) is 0 Å². The fourth-order valence-corrected chi connectivity index (χ4v) is 2.67. The van der Waals surface area contributed by atoms with E-state index in [2.05, 4.69) is 17.3 Å². The van der Waals surface area contributed by atoms with Crippen molar-refractivity contribution in [3.05, 3.63) is 0 Å². The molecule has 0 aliphatic heterocycles. The highest BCUT2D eigenvalue weighted by molar-refractivity contribution is 5.85. The third-order valence-electron chi connectivity index (χ3n) is 4.21. The summed E-state index contributed by atoms with van der Waals surface area (Å²) in [6, 6.07) is 0.374. The summed E-state index contributed by atoms with van der Waals surface area (Å²) in [7, 11) is 2.21. The molecule has 0 heterocycles. The standard InChI is InChI=1S/C15H31N3O.2ClH/c1-12(2)14(16)15(19)17-10-7-11-18(3)13-8-5-4-6-9-13;;/h12-14H,4-11,16H2,1-3H3,(H,17,19);2*1H/t14-;;/m0../s1. The number of carbonyl (C=O) groups is 1. The Balaban J connectivity index is 0. The Morgan fingerprint density at radius 3 is 2.33 bits per heavy atom. The van der Waals surface area contributed by atoms with E-state index in [9.17, 15) is 4.79 Å². The minimum atomic E-state index is -0.379. The maximum Gasteiger partial charge on any atom is 0.237 e. The lowest BCUT2D eigenvalue weighted by Gasteiger charge is -2.31. The zero-order chi connectivity index (χ0) is 14.3. The van der Waals surface area contributed by atoms with Gasteiger partial charge in [-0.25, -0.2) is 0 Å². The van der Waals surface area contributed by atoms with Gasteiger partial charge in [-0.05, 0) is 38.8 Å². The van der Waals surface area contributed by atoms with E-state index in [1.807, 2.05) is 13.8 Å². The van der Waals surface area contributed by atoms with Gasteiger partial charge in [0.15, 0.2) is 0 Å². The molecule has 0 spiro atoms. The first-order valence-electron chi connectivity index (χ1n) is 7.76. The van der Waals surface area contributed by atoms with Crippen molar-refractivity contribution in [2.75, 3.05) is 20.1 Å². The molecule has 1 aliphatic rings. The van der Waals surface area contributed by atoms with Gasteiger partial charge >= 0.3 is 0 Å². The van der Waals surface area contributed by atoms with Crippen LogP contribution < -0.4 is 11.1 Å². The third-order valence-corrected chi connectivity index (χ3v) is 4.21. The molecule has 3 N–H and O–H groups in total. The van der Waals surface area contributed by atoms with Crippen molar-refractivity contribution >= 4 is 30.7 Å². The van der Waals surface area contributed by atoms with Gasteiger partial charge in [0.1, 0.15) is 0 Å². The first-order valence-corrected chi connectivity index (χ1v) is 7.76. The van der Waals surface area contributed by atoms with E-state index in [-0.39, 0.29) is 42.7 Å². The van der Waals surface area contributed by atoms with Crippen molar-refractivity contribution in [3.63, 3.8) is 0 Å². The average Bonchev–Trinajstić information content (AvgIpc) is 2.43. The summed E-state index contributed by atoms with van der Waals surface area (Å²) in [6.07, 6.45) is 7.81. The van der Waals surface area contributed by atoms with Gasteiger partial charge in [0.05, 0.1) is 6.04 Å². The van der Waals surface area contributed by atoms with E-state index in [1.54, 1.807) is 0 Å². The molecule has 1 fully saturated rings. The lowest BCUT2D eigenvalue weighted by Crippen LogP contribution is -2.44. The van der Waals surface area contributed by atoms with Crippen LogP contribution in [0.3, 0.4) is 0 Å². The Morgan fingerprint density at radius 1 is 1.24 bits per heavy atom. The molecule has 0 saturated heterocycles. The Labute approximate surface area is 142 Å². The molecule has 1 aliphatic carbocycles. The normalized spacial score (nSPS) is 17.0. The lowest BCUT2D eigenvalue weighted by atomic mass is 9.94. The Morgan fingerprint density at radius 2 is 1.81 bits per heavy atom. The smallest absolute Gasteiger partial charge is 0.237 e. The third kappa shape index (κ3) is 8.87. The first-order chi connectivity index (χ1) is 9.02. The summed E-state index contributed by atoms with van der Waals surface area (Å²) in [5, 5.41) is 2.93. The van der Waals surface area contributed by atoms with Gasteiger partial charge in [-0.15, -0.1) is 24.8 Å². The quantitative estimate of drug-likeness (QED) is 0.699. The van der Waals surface area contributed by atoms with Gasteiger partial charge in [-0.2, -0.15) is 0 Å². The summed E-state index contributed by atoms with van der Waals surface area (Å²) >= 11 is 0. The molecular formula is C15H33Cl2N3O. The molecule has 1 rings (SSSR count). The van der Waals surface area contributed by atoms with E-state index in [1.165, 1.54) is 32.1 Å². The summed E-state index contributed by atoms with van der Waals surface area (Å²) in [4.78, 5) is 14.1. The number of rotatable bonds is 7. The largest absolute Gasteiger partial charge is 0.355 e. The van der Waals surface area contributed by atoms with Crippen molar-refractivity contribution in [1.29, 1.82) is 0 Å². The number of nitrogens with two attached hydrogens (primary N) is 1. The monoisotopic (exact) mass is 341 g/mol. The van der Waals surface area contributed by atoms with Crippen molar-refractivity contribution < 1.29 is 4.79 Å². The van der Waals surface area contributed by atoms with E-state index in [4.69, 9.17) is 5.73 Å². The molecule has 128 valence electrons. The molecule has 1 saturated carbocycles. The van der Waals surface area contributed by atoms with E-state index in [0.717, 1.165) is 25.6 Å². The number of hydrogen-bond acceptors (Lipinski definition) is 3.